The van der Waals surface area contributed by atoms with Crippen molar-refractivity contribution in [2.45, 2.75) is 38.1 Å². The van der Waals surface area contributed by atoms with Crippen LogP contribution in [0.1, 0.15) is 44.0 Å². The van der Waals surface area contributed by atoms with Crippen molar-refractivity contribution >= 4 is 22.4 Å². The third-order valence-electron chi connectivity index (χ3n) is 4.88. The minimum absolute atomic E-state index is 0. The SMILES string of the molecule is Cl.Cn1ccnc1C1CNCCN1S(=O)(=O)CC1CCCCC1. The number of hydrogen-bond acceptors (Lipinski definition) is 4. The average molecular weight is 363 g/mol. The molecule has 1 saturated heterocycles. The maximum atomic E-state index is 12.9. The van der Waals surface area contributed by atoms with Crippen LogP contribution in [-0.2, 0) is 17.1 Å². The maximum absolute atomic E-state index is 12.9. The van der Waals surface area contributed by atoms with Gasteiger partial charge in [0.15, 0.2) is 0 Å². The Hall–Kier alpha value is -0.630. The molecule has 0 radical (unpaired) electrons. The summed E-state index contributed by atoms with van der Waals surface area (Å²) in [5, 5.41) is 3.30. The van der Waals surface area contributed by atoms with Crippen molar-refractivity contribution < 1.29 is 8.42 Å². The minimum atomic E-state index is -3.23. The molecular formula is C15H27ClN4O2S. The molecule has 1 unspecified atom stereocenters. The standard InChI is InChI=1S/C15H26N4O2S.ClH/c1-18-9-8-17-15(18)14-11-16-7-10-19(14)22(20,21)12-13-5-3-2-4-6-13;/h8-9,13-14,16H,2-7,10-12H2,1H3;1H. The van der Waals surface area contributed by atoms with Gasteiger partial charge in [-0.15, -0.1) is 12.4 Å². The molecule has 23 heavy (non-hydrogen) atoms. The van der Waals surface area contributed by atoms with E-state index in [9.17, 15) is 8.42 Å². The van der Waals surface area contributed by atoms with Gasteiger partial charge in [0.1, 0.15) is 5.82 Å². The third-order valence-corrected chi connectivity index (χ3v) is 6.92. The predicted octanol–water partition coefficient (Wildman–Crippen LogP) is 1.70. The second-order valence-electron chi connectivity index (χ2n) is 6.51. The molecule has 0 amide bonds. The fraction of sp³-hybridized carbons (Fsp3) is 0.800. The van der Waals surface area contributed by atoms with Crippen molar-refractivity contribution in [3.8, 4) is 0 Å². The van der Waals surface area contributed by atoms with Gasteiger partial charge in [-0.3, -0.25) is 0 Å². The molecule has 132 valence electrons. The molecule has 1 atom stereocenters. The number of rotatable bonds is 4. The zero-order valence-corrected chi connectivity index (χ0v) is 15.3. The van der Waals surface area contributed by atoms with Gasteiger partial charge in [-0.2, -0.15) is 4.31 Å². The summed E-state index contributed by atoms with van der Waals surface area (Å²) in [6, 6.07) is -0.192. The number of aryl methyl sites for hydroxylation is 1. The Balaban J connectivity index is 0.00000192. The number of imidazole rings is 1. The second kappa shape index (κ2) is 7.96. The van der Waals surface area contributed by atoms with Gasteiger partial charge >= 0.3 is 0 Å². The van der Waals surface area contributed by atoms with Crippen molar-refractivity contribution in [3.63, 3.8) is 0 Å². The summed E-state index contributed by atoms with van der Waals surface area (Å²) in [7, 11) is -1.32. The Morgan fingerprint density at radius 3 is 2.70 bits per heavy atom. The number of piperazine rings is 1. The highest BCUT2D eigenvalue weighted by atomic mass is 35.5. The van der Waals surface area contributed by atoms with Crippen molar-refractivity contribution in [3.05, 3.63) is 18.2 Å². The van der Waals surface area contributed by atoms with E-state index in [1.54, 1.807) is 10.5 Å². The van der Waals surface area contributed by atoms with Gasteiger partial charge in [0.25, 0.3) is 0 Å². The lowest BCUT2D eigenvalue weighted by atomic mass is 9.91. The highest BCUT2D eigenvalue weighted by Crippen LogP contribution is 2.29. The number of hydrogen-bond donors (Lipinski definition) is 1. The van der Waals surface area contributed by atoms with Crippen LogP contribution < -0.4 is 5.32 Å². The van der Waals surface area contributed by atoms with Crippen molar-refractivity contribution in [1.29, 1.82) is 0 Å². The molecular weight excluding hydrogens is 336 g/mol. The molecule has 2 heterocycles. The van der Waals surface area contributed by atoms with Gasteiger partial charge in [-0.1, -0.05) is 19.3 Å². The zero-order valence-electron chi connectivity index (χ0n) is 13.6. The Bertz CT molecular complexity index is 598. The Morgan fingerprint density at radius 2 is 2.04 bits per heavy atom. The second-order valence-corrected chi connectivity index (χ2v) is 8.48. The Kier molecular flexibility index (Phi) is 6.48. The molecule has 0 bridgehead atoms. The summed E-state index contributed by atoms with van der Waals surface area (Å²) in [5.41, 5.74) is 0. The molecule has 1 aliphatic carbocycles. The molecule has 6 nitrogen and oxygen atoms in total. The topological polar surface area (TPSA) is 67.2 Å². The molecule has 0 aromatic carbocycles. The van der Waals surface area contributed by atoms with Crippen molar-refractivity contribution in [2.24, 2.45) is 13.0 Å². The minimum Gasteiger partial charge on any atom is -0.337 e. The fourth-order valence-electron chi connectivity index (χ4n) is 3.68. The van der Waals surface area contributed by atoms with Gasteiger partial charge in [-0.25, -0.2) is 13.4 Å². The van der Waals surface area contributed by atoms with Crippen LogP contribution in [0.25, 0.3) is 0 Å². The Labute approximate surface area is 145 Å². The summed E-state index contributed by atoms with van der Waals surface area (Å²) in [6.07, 6.45) is 9.30. The summed E-state index contributed by atoms with van der Waals surface area (Å²) >= 11 is 0. The summed E-state index contributed by atoms with van der Waals surface area (Å²) in [4.78, 5) is 4.37. The van der Waals surface area contributed by atoms with Crippen LogP contribution in [0, 0.1) is 5.92 Å². The smallest absolute Gasteiger partial charge is 0.215 e. The fourth-order valence-corrected chi connectivity index (χ4v) is 5.73. The quantitative estimate of drug-likeness (QED) is 0.885. The van der Waals surface area contributed by atoms with Crippen LogP contribution in [0.2, 0.25) is 0 Å². The van der Waals surface area contributed by atoms with Gasteiger partial charge in [0, 0.05) is 39.1 Å². The first-order valence-electron chi connectivity index (χ1n) is 8.25. The lowest BCUT2D eigenvalue weighted by Crippen LogP contribution is -2.50. The molecule has 1 aromatic heterocycles. The number of halogens is 1. The lowest BCUT2D eigenvalue weighted by Gasteiger charge is -2.36. The highest BCUT2D eigenvalue weighted by molar-refractivity contribution is 7.89. The van der Waals surface area contributed by atoms with E-state index in [0.29, 0.717) is 31.3 Å². The average Bonchev–Trinajstić information content (AvgIpc) is 2.94. The monoisotopic (exact) mass is 362 g/mol. The van der Waals surface area contributed by atoms with E-state index in [-0.39, 0.29) is 18.4 Å². The largest absolute Gasteiger partial charge is 0.337 e. The van der Waals surface area contributed by atoms with Crippen LogP contribution in [0.15, 0.2) is 12.4 Å². The highest BCUT2D eigenvalue weighted by Gasteiger charge is 2.36. The molecule has 1 aliphatic heterocycles. The van der Waals surface area contributed by atoms with Crippen LogP contribution in [0.4, 0.5) is 0 Å². The van der Waals surface area contributed by atoms with E-state index < -0.39 is 10.0 Å². The van der Waals surface area contributed by atoms with Crippen LogP contribution in [0.3, 0.4) is 0 Å². The summed E-state index contributed by atoms with van der Waals surface area (Å²) < 4.78 is 29.5. The lowest BCUT2D eigenvalue weighted by molar-refractivity contribution is 0.254. The van der Waals surface area contributed by atoms with E-state index in [4.69, 9.17) is 0 Å². The molecule has 0 spiro atoms. The van der Waals surface area contributed by atoms with Gasteiger partial charge in [0.2, 0.25) is 10.0 Å². The van der Waals surface area contributed by atoms with Crippen molar-refractivity contribution in [2.75, 3.05) is 25.4 Å². The molecule has 1 N–H and O–H groups in total. The maximum Gasteiger partial charge on any atom is 0.215 e. The van der Waals surface area contributed by atoms with Gasteiger partial charge < -0.3 is 9.88 Å². The predicted molar refractivity (Wildman–Crippen MR) is 93.1 cm³/mol. The zero-order chi connectivity index (χ0) is 15.6. The number of aromatic nitrogens is 2. The van der Waals surface area contributed by atoms with E-state index in [1.807, 2.05) is 17.8 Å². The normalized spacial score (nSPS) is 24.3. The van der Waals surface area contributed by atoms with Crippen LogP contribution in [-0.4, -0.2) is 47.7 Å². The molecule has 2 aliphatic rings. The van der Waals surface area contributed by atoms with E-state index in [1.165, 1.54) is 19.3 Å². The number of nitrogens with one attached hydrogen (secondary N) is 1. The number of nitrogens with zero attached hydrogens (tertiary/aromatic N) is 3. The van der Waals surface area contributed by atoms with Crippen LogP contribution >= 0.6 is 12.4 Å². The van der Waals surface area contributed by atoms with E-state index >= 15 is 0 Å². The van der Waals surface area contributed by atoms with Crippen LogP contribution in [0.5, 0.6) is 0 Å². The Morgan fingerprint density at radius 1 is 1.30 bits per heavy atom. The molecule has 8 heteroatoms. The van der Waals surface area contributed by atoms with Gasteiger partial charge in [-0.05, 0) is 18.8 Å². The van der Waals surface area contributed by atoms with Crippen molar-refractivity contribution in [1.82, 2.24) is 19.2 Å². The molecule has 1 aromatic rings. The molecule has 2 fully saturated rings. The third kappa shape index (κ3) is 4.26. The summed E-state index contributed by atoms with van der Waals surface area (Å²) in [5.74, 6) is 1.45. The van der Waals surface area contributed by atoms with E-state index in [2.05, 4.69) is 10.3 Å². The van der Waals surface area contributed by atoms with Gasteiger partial charge in [0.05, 0.1) is 11.8 Å². The first-order valence-corrected chi connectivity index (χ1v) is 9.86. The number of sulfonamides is 1. The summed E-state index contributed by atoms with van der Waals surface area (Å²) in [6.45, 7) is 1.88. The first kappa shape index (κ1) is 18.7. The van der Waals surface area contributed by atoms with E-state index in [0.717, 1.165) is 18.7 Å². The molecule has 1 saturated carbocycles. The molecule has 3 rings (SSSR count). The first-order chi connectivity index (χ1) is 10.6.